The summed E-state index contributed by atoms with van der Waals surface area (Å²) in [5.74, 6) is -0.375. The van der Waals surface area contributed by atoms with E-state index >= 15 is 0 Å². The average molecular weight is 416 g/mol. The number of benzene rings is 3. The minimum absolute atomic E-state index is 0.152. The van der Waals surface area contributed by atoms with Crippen LogP contribution in [0.4, 0.5) is 8.78 Å². The molecule has 3 aromatic carbocycles. The summed E-state index contributed by atoms with van der Waals surface area (Å²) in [4.78, 5) is 0. The van der Waals surface area contributed by atoms with Gasteiger partial charge in [0.15, 0.2) is 0 Å². The molecule has 1 nitrogen and oxygen atoms in total. The molecule has 3 aromatic rings. The summed E-state index contributed by atoms with van der Waals surface area (Å²) in [5, 5.41) is 8.86. The van der Waals surface area contributed by atoms with Gasteiger partial charge in [-0.2, -0.15) is 5.26 Å². The monoisotopic (exact) mass is 415 g/mol. The third-order valence-corrected chi connectivity index (χ3v) is 6.74. The molecule has 0 unspecified atom stereocenters. The van der Waals surface area contributed by atoms with Crippen LogP contribution in [0.5, 0.6) is 0 Å². The molecule has 0 radical (unpaired) electrons. The van der Waals surface area contributed by atoms with Crippen molar-refractivity contribution in [2.45, 2.75) is 56.8 Å². The SMILES string of the molecule is C[C@H](Cc1ccc(C2CCC(c3cc(F)c(C#N)c(F)c3)CC2)cc1)c1ccccc1. The second kappa shape index (κ2) is 9.43. The summed E-state index contributed by atoms with van der Waals surface area (Å²) in [6, 6.07) is 23.9. The predicted molar refractivity (Wildman–Crippen MR) is 120 cm³/mol. The molecule has 1 atom stereocenters. The average Bonchev–Trinajstić information content (AvgIpc) is 2.80. The molecule has 158 valence electrons. The van der Waals surface area contributed by atoms with Crippen molar-refractivity contribution in [1.29, 1.82) is 5.26 Å². The number of hydrogen-bond acceptors (Lipinski definition) is 1. The normalized spacial score (nSPS) is 19.5. The number of nitriles is 1. The Morgan fingerprint density at radius 1 is 0.839 bits per heavy atom. The highest BCUT2D eigenvalue weighted by Gasteiger charge is 2.25. The number of halogens is 2. The minimum Gasteiger partial charge on any atom is -0.205 e. The molecule has 0 aromatic heterocycles. The first-order chi connectivity index (χ1) is 15.0. The van der Waals surface area contributed by atoms with Crippen molar-refractivity contribution in [3.63, 3.8) is 0 Å². The van der Waals surface area contributed by atoms with Crippen LogP contribution in [0.1, 0.15) is 78.2 Å². The zero-order valence-corrected chi connectivity index (χ0v) is 17.8. The van der Waals surface area contributed by atoms with Gasteiger partial charge in [0.2, 0.25) is 0 Å². The fraction of sp³-hybridized carbons (Fsp3) is 0.321. The molecule has 0 amide bonds. The summed E-state index contributed by atoms with van der Waals surface area (Å²) in [6.45, 7) is 2.26. The lowest BCUT2D eigenvalue weighted by Crippen LogP contribution is -2.13. The molecule has 1 aliphatic rings. The third kappa shape index (κ3) is 4.85. The number of nitrogens with zero attached hydrogens (tertiary/aromatic N) is 1. The number of hydrogen-bond donors (Lipinski definition) is 0. The van der Waals surface area contributed by atoms with E-state index in [4.69, 9.17) is 5.26 Å². The molecule has 0 bridgehead atoms. The fourth-order valence-corrected chi connectivity index (χ4v) is 4.87. The van der Waals surface area contributed by atoms with E-state index in [1.54, 1.807) is 6.07 Å². The first-order valence-electron chi connectivity index (χ1n) is 11.1. The Hall–Kier alpha value is -2.99. The van der Waals surface area contributed by atoms with Crippen molar-refractivity contribution < 1.29 is 8.78 Å². The van der Waals surface area contributed by atoms with Crippen molar-refractivity contribution in [2.24, 2.45) is 0 Å². The molecular formula is C28H27F2N. The molecule has 1 fully saturated rings. The van der Waals surface area contributed by atoms with E-state index in [0.717, 1.165) is 32.1 Å². The van der Waals surface area contributed by atoms with Gasteiger partial charge >= 0.3 is 0 Å². The van der Waals surface area contributed by atoms with Crippen LogP contribution >= 0.6 is 0 Å². The lowest BCUT2D eigenvalue weighted by molar-refractivity contribution is 0.394. The van der Waals surface area contributed by atoms with Crippen molar-refractivity contribution in [3.05, 3.63) is 106 Å². The zero-order valence-electron chi connectivity index (χ0n) is 17.8. The lowest BCUT2D eigenvalue weighted by Gasteiger charge is -2.29. The van der Waals surface area contributed by atoms with Gasteiger partial charge in [-0.3, -0.25) is 0 Å². The predicted octanol–water partition coefficient (Wildman–Crippen LogP) is 7.62. The second-order valence-corrected chi connectivity index (χ2v) is 8.78. The van der Waals surface area contributed by atoms with Crippen LogP contribution in [0, 0.1) is 23.0 Å². The van der Waals surface area contributed by atoms with E-state index in [1.165, 1.54) is 28.8 Å². The summed E-state index contributed by atoms with van der Waals surface area (Å²) in [7, 11) is 0. The number of rotatable bonds is 5. The van der Waals surface area contributed by atoms with Gasteiger partial charge in [-0.05, 0) is 84.2 Å². The maximum absolute atomic E-state index is 14.0. The Morgan fingerprint density at radius 3 is 1.94 bits per heavy atom. The molecule has 0 heterocycles. The van der Waals surface area contributed by atoms with Crippen LogP contribution in [0.25, 0.3) is 0 Å². The summed E-state index contributed by atoms with van der Waals surface area (Å²) >= 11 is 0. The van der Waals surface area contributed by atoms with Crippen LogP contribution in [-0.2, 0) is 6.42 Å². The van der Waals surface area contributed by atoms with Crippen LogP contribution in [0.15, 0.2) is 66.7 Å². The highest BCUT2D eigenvalue weighted by molar-refractivity contribution is 5.37. The summed E-state index contributed by atoms with van der Waals surface area (Å²) in [6.07, 6.45) is 4.85. The van der Waals surface area contributed by atoms with E-state index in [0.29, 0.717) is 17.4 Å². The van der Waals surface area contributed by atoms with E-state index in [2.05, 4.69) is 55.5 Å². The topological polar surface area (TPSA) is 23.8 Å². The van der Waals surface area contributed by atoms with Crippen LogP contribution < -0.4 is 0 Å². The summed E-state index contributed by atoms with van der Waals surface area (Å²) < 4.78 is 28.0. The van der Waals surface area contributed by atoms with Gasteiger partial charge in [0.25, 0.3) is 0 Å². The van der Waals surface area contributed by atoms with E-state index < -0.39 is 17.2 Å². The maximum atomic E-state index is 14.0. The molecule has 0 saturated heterocycles. The Labute approximate surface area is 183 Å². The molecular weight excluding hydrogens is 388 g/mol. The van der Waals surface area contributed by atoms with E-state index in [9.17, 15) is 8.78 Å². The molecule has 1 aliphatic carbocycles. The molecule has 0 spiro atoms. The third-order valence-electron chi connectivity index (χ3n) is 6.74. The summed E-state index contributed by atoms with van der Waals surface area (Å²) in [5.41, 5.74) is 4.25. The highest BCUT2D eigenvalue weighted by atomic mass is 19.1. The van der Waals surface area contributed by atoms with Crippen LogP contribution in [-0.4, -0.2) is 0 Å². The quantitative estimate of drug-likeness (QED) is 0.420. The maximum Gasteiger partial charge on any atom is 0.144 e. The van der Waals surface area contributed by atoms with Gasteiger partial charge in [-0.15, -0.1) is 0 Å². The van der Waals surface area contributed by atoms with Gasteiger partial charge in [0, 0.05) is 0 Å². The largest absolute Gasteiger partial charge is 0.205 e. The molecule has 0 N–H and O–H groups in total. The fourth-order valence-electron chi connectivity index (χ4n) is 4.87. The van der Waals surface area contributed by atoms with Gasteiger partial charge in [-0.1, -0.05) is 61.5 Å². The van der Waals surface area contributed by atoms with Gasteiger partial charge in [-0.25, -0.2) is 8.78 Å². The Balaban J connectivity index is 1.36. The van der Waals surface area contributed by atoms with Crippen LogP contribution in [0.2, 0.25) is 0 Å². The zero-order chi connectivity index (χ0) is 21.8. The van der Waals surface area contributed by atoms with Gasteiger partial charge in [0.05, 0.1) is 0 Å². The van der Waals surface area contributed by atoms with Crippen molar-refractivity contribution in [3.8, 4) is 6.07 Å². The minimum atomic E-state index is -0.750. The molecule has 31 heavy (non-hydrogen) atoms. The first kappa shape index (κ1) is 21.2. The molecule has 1 saturated carbocycles. The standard InChI is InChI=1S/C28H27F2N/c1-19(21-5-3-2-4-6-21)15-20-7-9-22(10-8-20)23-11-13-24(14-12-23)25-16-27(29)26(18-31)28(30)17-25/h2-10,16-17,19,23-24H,11-15H2,1H3/t19-,23?,24?/m1/s1. The van der Waals surface area contributed by atoms with Crippen LogP contribution in [0.3, 0.4) is 0 Å². The molecule has 0 aliphatic heterocycles. The molecule has 4 rings (SSSR count). The van der Waals surface area contributed by atoms with Crippen molar-refractivity contribution >= 4 is 0 Å². The Kier molecular flexibility index (Phi) is 6.47. The van der Waals surface area contributed by atoms with Crippen molar-refractivity contribution in [1.82, 2.24) is 0 Å². The van der Waals surface area contributed by atoms with Gasteiger partial charge in [0.1, 0.15) is 23.3 Å². The highest BCUT2D eigenvalue weighted by Crippen LogP contribution is 2.41. The smallest absolute Gasteiger partial charge is 0.144 e. The van der Waals surface area contributed by atoms with Crippen molar-refractivity contribution in [2.75, 3.05) is 0 Å². The Morgan fingerprint density at radius 2 is 1.39 bits per heavy atom. The molecule has 3 heteroatoms. The lowest BCUT2D eigenvalue weighted by atomic mass is 9.76. The first-order valence-corrected chi connectivity index (χ1v) is 11.1. The van der Waals surface area contributed by atoms with E-state index in [1.807, 2.05) is 6.07 Å². The second-order valence-electron chi connectivity index (χ2n) is 8.78. The van der Waals surface area contributed by atoms with Gasteiger partial charge < -0.3 is 0 Å². The Bertz CT molecular complexity index is 1040. The van der Waals surface area contributed by atoms with E-state index in [-0.39, 0.29) is 5.92 Å².